The first-order valence-corrected chi connectivity index (χ1v) is 6.98. The lowest BCUT2D eigenvalue weighted by Gasteiger charge is -2.19. The molecule has 0 spiro atoms. The lowest BCUT2D eigenvalue weighted by molar-refractivity contribution is 0.256. The Kier molecular flexibility index (Phi) is 5.89. The van der Waals surface area contributed by atoms with Crippen molar-refractivity contribution in [3.05, 3.63) is 23.7 Å². The second-order valence-electron chi connectivity index (χ2n) is 5.89. The lowest BCUT2D eigenvalue weighted by Crippen LogP contribution is -2.34. The van der Waals surface area contributed by atoms with Crippen LogP contribution in [0.5, 0.6) is 0 Å². The summed E-state index contributed by atoms with van der Waals surface area (Å²) in [7, 11) is 0. The Hall–Kier alpha value is -0.800. The van der Waals surface area contributed by atoms with Gasteiger partial charge in [-0.15, -0.1) is 0 Å². The van der Waals surface area contributed by atoms with Gasteiger partial charge in [0.15, 0.2) is 0 Å². The van der Waals surface area contributed by atoms with E-state index in [1.165, 1.54) is 12.0 Å². The van der Waals surface area contributed by atoms with Crippen molar-refractivity contribution >= 4 is 0 Å². The zero-order valence-electron chi connectivity index (χ0n) is 12.5. The van der Waals surface area contributed by atoms with Crippen molar-refractivity contribution in [2.75, 3.05) is 13.1 Å². The minimum atomic E-state index is 0.148. The number of nitrogens with one attached hydrogen (secondary N) is 1. The smallest absolute Gasteiger partial charge is 0.118 e. The summed E-state index contributed by atoms with van der Waals surface area (Å²) in [6.45, 7) is 14.9. The number of hydrogen-bond acceptors (Lipinski definition) is 3. The zero-order valence-corrected chi connectivity index (χ0v) is 12.5. The molecule has 0 fully saturated rings. The van der Waals surface area contributed by atoms with Crippen LogP contribution in [-0.4, -0.2) is 23.5 Å². The Balaban J connectivity index is 2.47. The molecule has 104 valence electrons. The van der Waals surface area contributed by atoms with E-state index < -0.39 is 0 Å². The molecule has 1 heterocycles. The Morgan fingerprint density at radius 2 is 2.00 bits per heavy atom. The summed E-state index contributed by atoms with van der Waals surface area (Å²) in [5, 5.41) is 3.47. The lowest BCUT2D eigenvalue weighted by atomic mass is 10.1. The summed E-state index contributed by atoms with van der Waals surface area (Å²) < 4.78 is 5.63. The average molecular weight is 252 g/mol. The van der Waals surface area contributed by atoms with Gasteiger partial charge in [0, 0.05) is 17.6 Å². The van der Waals surface area contributed by atoms with Crippen molar-refractivity contribution in [1.82, 2.24) is 10.2 Å². The van der Waals surface area contributed by atoms with Crippen molar-refractivity contribution < 1.29 is 4.42 Å². The molecule has 0 aliphatic rings. The summed E-state index contributed by atoms with van der Waals surface area (Å²) in [4.78, 5) is 2.40. The standard InChI is InChI=1S/C15H28N2O/c1-6-8-17(7-2)11-14-9-13(12-18-14)10-16-15(3,4)5/h9,12,16H,6-8,10-11H2,1-5H3. The van der Waals surface area contributed by atoms with E-state index in [0.29, 0.717) is 0 Å². The van der Waals surface area contributed by atoms with Gasteiger partial charge >= 0.3 is 0 Å². The molecule has 3 heteroatoms. The summed E-state index contributed by atoms with van der Waals surface area (Å²) >= 11 is 0. The van der Waals surface area contributed by atoms with Gasteiger partial charge in [-0.05, 0) is 46.3 Å². The second kappa shape index (κ2) is 6.95. The van der Waals surface area contributed by atoms with Crippen LogP contribution in [0.15, 0.2) is 16.7 Å². The van der Waals surface area contributed by atoms with Crippen LogP contribution in [0.25, 0.3) is 0 Å². The molecule has 0 aliphatic carbocycles. The molecule has 0 atom stereocenters. The Bertz CT molecular complexity index is 339. The second-order valence-corrected chi connectivity index (χ2v) is 5.89. The van der Waals surface area contributed by atoms with Crippen molar-refractivity contribution in [3.8, 4) is 0 Å². The molecule has 0 aliphatic heterocycles. The Morgan fingerprint density at radius 3 is 2.56 bits per heavy atom. The van der Waals surface area contributed by atoms with Crippen LogP contribution in [0.4, 0.5) is 0 Å². The SMILES string of the molecule is CCCN(CC)Cc1cc(CNC(C)(C)C)co1. The van der Waals surface area contributed by atoms with Gasteiger partial charge in [0.1, 0.15) is 5.76 Å². The van der Waals surface area contributed by atoms with E-state index in [9.17, 15) is 0 Å². The van der Waals surface area contributed by atoms with Crippen LogP contribution in [0, 0.1) is 0 Å². The molecular formula is C15H28N2O. The Morgan fingerprint density at radius 1 is 1.28 bits per heavy atom. The van der Waals surface area contributed by atoms with Gasteiger partial charge in [0.05, 0.1) is 12.8 Å². The first-order chi connectivity index (χ1) is 8.44. The minimum absolute atomic E-state index is 0.148. The molecule has 1 rings (SSSR count). The van der Waals surface area contributed by atoms with Crippen molar-refractivity contribution in [1.29, 1.82) is 0 Å². The molecule has 0 unspecified atom stereocenters. The molecule has 0 bridgehead atoms. The maximum Gasteiger partial charge on any atom is 0.118 e. The van der Waals surface area contributed by atoms with E-state index in [-0.39, 0.29) is 5.54 Å². The quantitative estimate of drug-likeness (QED) is 0.806. The molecule has 1 aromatic rings. The van der Waals surface area contributed by atoms with Crippen molar-refractivity contribution in [3.63, 3.8) is 0 Å². The highest BCUT2D eigenvalue weighted by Crippen LogP contribution is 2.12. The normalized spacial score (nSPS) is 12.3. The summed E-state index contributed by atoms with van der Waals surface area (Å²) in [5.74, 6) is 1.07. The number of rotatable bonds is 7. The van der Waals surface area contributed by atoms with Crippen LogP contribution < -0.4 is 5.32 Å². The third-order valence-electron chi connectivity index (χ3n) is 2.90. The molecule has 0 amide bonds. The van der Waals surface area contributed by atoms with Crippen molar-refractivity contribution in [2.24, 2.45) is 0 Å². The van der Waals surface area contributed by atoms with Gasteiger partial charge < -0.3 is 9.73 Å². The van der Waals surface area contributed by atoms with E-state index in [1.54, 1.807) is 0 Å². The zero-order chi connectivity index (χ0) is 13.6. The topological polar surface area (TPSA) is 28.4 Å². The van der Waals surface area contributed by atoms with Gasteiger partial charge in [-0.2, -0.15) is 0 Å². The monoisotopic (exact) mass is 252 g/mol. The molecular weight excluding hydrogens is 224 g/mol. The van der Waals surface area contributed by atoms with Crippen LogP contribution >= 0.6 is 0 Å². The van der Waals surface area contributed by atoms with E-state index in [1.807, 2.05) is 6.26 Å². The van der Waals surface area contributed by atoms with E-state index in [4.69, 9.17) is 4.42 Å². The summed E-state index contributed by atoms with van der Waals surface area (Å²) in [5.41, 5.74) is 1.38. The predicted molar refractivity (Wildman–Crippen MR) is 76.5 cm³/mol. The molecule has 3 nitrogen and oxygen atoms in total. The highest BCUT2D eigenvalue weighted by atomic mass is 16.3. The van der Waals surface area contributed by atoms with Crippen LogP contribution in [0.1, 0.15) is 52.4 Å². The first-order valence-electron chi connectivity index (χ1n) is 6.98. The fourth-order valence-electron chi connectivity index (χ4n) is 1.85. The van der Waals surface area contributed by atoms with Crippen LogP contribution in [0.3, 0.4) is 0 Å². The van der Waals surface area contributed by atoms with Crippen LogP contribution in [0.2, 0.25) is 0 Å². The third kappa shape index (κ3) is 5.69. The number of nitrogens with zero attached hydrogens (tertiary/aromatic N) is 1. The fourth-order valence-corrected chi connectivity index (χ4v) is 1.85. The van der Waals surface area contributed by atoms with E-state index in [0.717, 1.165) is 31.9 Å². The minimum Gasteiger partial charge on any atom is -0.468 e. The van der Waals surface area contributed by atoms with Crippen molar-refractivity contribution in [2.45, 2.75) is 59.7 Å². The molecule has 0 saturated carbocycles. The molecule has 18 heavy (non-hydrogen) atoms. The fraction of sp³-hybridized carbons (Fsp3) is 0.733. The average Bonchev–Trinajstić information content (AvgIpc) is 2.73. The summed E-state index contributed by atoms with van der Waals surface area (Å²) in [6, 6.07) is 2.16. The first kappa shape index (κ1) is 15.3. The molecule has 1 aromatic heterocycles. The highest BCUT2D eigenvalue weighted by Gasteiger charge is 2.11. The maximum atomic E-state index is 5.63. The van der Waals surface area contributed by atoms with Crippen LogP contribution in [-0.2, 0) is 13.1 Å². The third-order valence-corrected chi connectivity index (χ3v) is 2.90. The van der Waals surface area contributed by atoms with Gasteiger partial charge in [-0.25, -0.2) is 0 Å². The summed E-state index contributed by atoms with van der Waals surface area (Å²) in [6.07, 6.45) is 3.06. The number of hydrogen-bond donors (Lipinski definition) is 1. The van der Waals surface area contributed by atoms with E-state index in [2.05, 4.69) is 50.9 Å². The Labute approximate surface area is 112 Å². The van der Waals surface area contributed by atoms with Gasteiger partial charge in [-0.1, -0.05) is 13.8 Å². The molecule has 0 radical (unpaired) electrons. The molecule has 0 saturated heterocycles. The predicted octanol–water partition coefficient (Wildman–Crippen LogP) is 3.40. The maximum absolute atomic E-state index is 5.63. The largest absolute Gasteiger partial charge is 0.468 e. The van der Waals surface area contributed by atoms with E-state index >= 15 is 0 Å². The highest BCUT2D eigenvalue weighted by molar-refractivity contribution is 5.13. The van der Waals surface area contributed by atoms with Gasteiger partial charge in [0.25, 0.3) is 0 Å². The van der Waals surface area contributed by atoms with Gasteiger partial charge in [0.2, 0.25) is 0 Å². The number of furan rings is 1. The van der Waals surface area contributed by atoms with Gasteiger partial charge in [-0.3, -0.25) is 4.90 Å². The molecule has 1 N–H and O–H groups in total. The molecule has 0 aromatic carbocycles.